The van der Waals surface area contributed by atoms with Crippen LogP contribution in [0.1, 0.15) is 69.7 Å². The van der Waals surface area contributed by atoms with Crippen LogP contribution in [0.3, 0.4) is 0 Å². The lowest BCUT2D eigenvalue weighted by Gasteiger charge is -2.40. The molecule has 0 radical (unpaired) electrons. The number of pyridine rings is 2. The van der Waals surface area contributed by atoms with E-state index in [1.807, 2.05) is 18.6 Å². The van der Waals surface area contributed by atoms with E-state index in [1.54, 1.807) is 0 Å². The van der Waals surface area contributed by atoms with Gasteiger partial charge in [-0.3, -0.25) is 14.9 Å². The molecular weight excluding hydrogens is 368 g/mol. The van der Waals surface area contributed by atoms with E-state index in [9.17, 15) is 0 Å². The van der Waals surface area contributed by atoms with Crippen molar-refractivity contribution in [2.75, 3.05) is 19.6 Å². The summed E-state index contributed by atoms with van der Waals surface area (Å²) < 4.78 is 0. The van der Waals surface area contributed by atoms with Crippen LogP contribution in [0.2, 0.25) is 0 Å². The van der Waals surface area contributed by atoms with Gasteiger partial charge < -0.3 is 5.32 Å². The summed E-state index contributed by atoms with van der Waals surface area (Å²) in [5.74, 6) is 1.30. The molecule has 0 fully saturated rings. The Morgan fingerprint density at radius 3 is 2.43 bits per heavy atom. The van der Waals surface area contributed by atoms with Crippen molar-refractivity contribution in [2.45, 2.75) is 72.9 Å². The Hall–Kier alpha value is -1.78. The van der Waals surface area contributed by atoms with Crippen molar-refractivity contribution in [1.82, 2.24) is 20.2 Å². The molecular formula is C26H40N4. The van der Waals surface area contributed by atoms with Gasteiger partial charge in [0.1, 0.15) is 0 Å². The standard InChI is InChI=1S/C14H22N2.C12H18N2/c1-5-16-9-11-6-7-15-8-12(11)13(10-16)14(2,3)4;1-9(2)12-7-10-3-5-13-8-11(10)4-6-14-12/h6-8,13H,5,9-10H2,1-4H3;3,5,8-9,12,14H,4,6-7H2,1-2H3. The number of likely N-dealkylation sites (N-methyl/N-ethyl adjacent to an activating group) is 1. The molecule has 4 heterocycles. The molecule has 0 aromatic carbocycles. The number of hydrogen-bond acceptors (Lipinski definition) is 4. The topological polar surface area (TPSA) is 41.1 Å². The maximum atomic E-state index is 4.29. The highest BCUT2D eigenvalue weighted by molar-refractivity contribution is 5.31. The summed E-state index contributed by atoms with van der Waals surface area (Å²) in [6.45, 7) is 18.3. The van der Waals surface area contributed by atoms with Crippen LogP contribution in [0, 0.1) is 11.3 Å². The fourth-order valence-corrected chi connectivity index (χ4v) is 4.59. The van der Waals surface area contributed by atoms with Gasteiger partial charge in [-0.25, -0.2) is 0 Å². The van der Waals surface area contributed by atoms with Crippen LogP contribution < -0.4 is 5.32 Å². The number of aromatic nitrogens is 2. The first-order valence-electron chi connectivity index (χ1n) is 11.6. The van der Waals surface area contributed by atoms with Crippen molar-refractivity contribution < 1.29 is 0 Å². The van der Waals surface area contributed by atoms with Crippen molar-refractivity contribution in [2.24, 2.45) is 11.3 Å². The van der Waals surface area contributed by atoms with Gasteiger partial charge in [-0.05, 0) is 71.7 Å². The zero-order valence-electron chi connectivity index (χ0n) is 19.8. The average molecular weight is 409 g/mol. The molecule has 0 amide bonds. The van der Waals surface area contributed by atoms with E-state index in [0.29, 0.717) is 23.3 Å². The minimum Gasteiger partial charge on any atom is -0.313 e. The highest BCUT2D eigenvalue weighted by atomic mass is 15.1. The van der Waals surface area contributed by atoms with Gasteiger partial charge in [0.25, 0.3) is 0 Å². The fraction of sp³-hybridized carbons (Fsp3) is 0.615. The van der Waals surface area contributed by atoms with E-state index >= 15 is 0 Å². The quantitative estimate of drug-likeness (QED) is 0.772. The van der Waals surface area contributed by atoms with Gasteiger partial charge in [0.05, 0.1) is 0 Å². The SMILES string of the molecule is CC(C)C1Cc2ccncc2CCN1.CCN1Cc2ccncc2C(C(C)(C)C)C1. The Morgan fingerprint density at radius 2 is 1.77 bits per heavy atom. The van der Waals surface area contributed by atoms with Crippen molar-refractivity contribution in [3.05, 3.63) is 59.2 Å². The molecule has 2 aliphatic rings. The van der Waals surface area contributed by atoms with Crippen LogP contribution >= 0.6 is 0 Å². The molecule has 2 aromatic heterocycles. The van der Waals surface area contributed by atoms with E-state index in [0.717, 1.165) is 32.5 Å². The third-order valence-electron chi connectivity index (χ3n) is 6.70. The van der Waals surface area contributed by atoms with Gasteiger partial charge in [0.15, 0.2) is 0 Å². The summed E-state index contributed by atoms with van der Waals surface area (Å²) in [5, 5.41) is 3.60. The summed E-state index contributed by atoms with van der Waals surface area (Å²) >= 11 is 0. The molecule has 1 N–H and O–H groups in total. The molecule has 4 heteroatoms. The largest absolute Gasteiger partial charge is 0.313 e. The predicted octanol–water partition coefficient (Wildman–Crippen LogP) is 4.84. The number of rotatable bonds is 2. The molecule has 2 atom stereocenters. The fourth-order valence-electron chi connectivity index (χ4n) is 4.59. The average Bonchev–Trinajstić information content (AvgIpc) is 2.95. The maximum absolute atomic E-state index is 4.29. The van der Waals surface area contributed by atoms with Crippen LogP contribution in [0.25, 0.3) is 0 Å². The highest BCUT2D eigenvalue weighted by Gasteiger charge is 2.33. The van der Waals surface area contributed by atoms with Crippen molar-refractivity contribution in [3.63, 3.8) is 0 Å². The molecule has 164 valence electrons. The number of nitrogens with zero attached hydrogens (tertiary/aromatic N) is 3. The van der Waals surface area contributed by atoms with E-state index in [-0.39, 0.29) is 0 Å². The summed E-state index contributed by atoms with van der Waals surface area (Å²) in [5.41, 5.74) is 6.13. The minimum absolute atomic E-state index is 0.311. The van der Waals surface area contributed by atoms with Gasteiger partial charge in [-0.1, -0.05) is 41.5 Å². The lowest BCUT2D eigenvalue weighted by molar-refractivity contribution is 0.178. The molecule has 2 unspecified atom stereocenters. The smallest absolute Gasteiger partial charge is 0.0306 e. The lowest BCUT2D eigenvalue weighted by Crippen LogP contribution is -2.38. The van der Waals surface area contributed by atoms with E-state index in [4.69, 9.17) is 0 Å². The molecule has 0 saturated carbocycles. The van der Waals surface area contributed by atoms with Gasteiger partial charge in [0, 0.05) is 49.8 Å². The van der Waals surface area contributed by atoms with Gasteiger partial charge >= 0.3 is 0 Å². The number of fused-ring (bicyclic) bond motifs is 2. The maximum Gasteiger partial charge on any atom is 0.0306 e. The Balaban J connectivity index is 0.000000172. The second-order valence-corrected chi connectivity index (χ2v) is 10.2. The Morgan fingerprint density at radius 1 is 1.07 bits per heavy atom. The molecule has 2 aliphatic heterocycles. The number of hydrogen-bond donors (Lipinski definition) is 1. The van der Waals surface area contributed by atoms with Crippen molar-refractivity contribution in [3.8, 4) is 0 Å². The second kappa shape index (κ2) is 10.0. The Kier molecular flexibility index (Phi) is 7.65. The third-order valence-corrected chi connectivity index (χ3v) is 6.70. The molecule has 4 rings (SSSR count). The first kappa shape index (κ1) is 22.9. The van der Waals surface area contributed by atoms with Crippen LogP contribution in [-0.4, -0.2) is 40.5 Å². The van der Waals surface area contributed by atoms with Crippen LogP contribution in [0.4, 0.5) is 0 Å². The molecule has 30 heavy (non-hydrogen) atoms. The summed E-state index contributed by atoms with van der Waals surface area (Å²) in [4.78, 5) is 11.0. The summed E-state index contributed by atoms with van der Waals surface area (Å²) in [6.07, 6.45) is 10.2. The van der Waals surface area contributed by atoms with E-state index < -0.39 is 0 Å². The monoisotopic (exact) mass is 408 g/mol. The predicted molar refractivity (Wildman–Crippen MR) is 126 cm³/mol. The molecule has 0 saturated heterocycles. The zero-order valence-corrected chi connectivity index (χ0v) is 19.8. The number of nitrogens with one attached hydrogen (secondary N) is 1. The van der Waals surface area contributed by atoms with Crippen LogP contribution in [-0.2, 0) is 19.4 Å². The molecule has 0 aliphatic carbocycles. The molecule has 0 bridgehead atoms. The van der Waals surface area contributed by atoms with Gasteiger partial charge in [-0.2, -0.15) is 0 Å². The van der Waals surface area contributed by atoms with Crippen LogP contribution in [0.5, 0.6) is 0 Å². The third kappa shape index (κ3) is 5.67. The van der Waals surface area contributed by atoms with E-state index in [2.05, 4.69) is 80.1 Å². The minimum atomic E-state index is 0.311. The molecule has 2 aromatic rings. The van der Waals surface area contributed by atoms with Crippen molar-refractivity contribution >= 4 is 0 Å². The van der Waals surface area contributed by atoms with E-state index in [1.165, 1.54) is 28.8 Å². The van der Waals surface area contributed by atoms with Crippen molar-refractivity contribution in [1.29, 1.82) is 0 Å². The van der Waals surface area contributed by atoms with Gasteiger partial charge in [-0.15, -0.1) is 0 Å². The highest BCUT2D eigenvalue weighted by Crippen LogP contribution is 2.40. The lowest BCUT2D eigenvalue weighted by atomic mass is 9.73. The van der Waals surface area contributed by atoms with Crippen LogP contribution in [0.15, 0.2) is 36.9 Å². The van der Waals surface area contributed by atoms with Gasteiger partial charge in [0.2, 0.25) is 0 Å². The Labute approximate surface area is 183 Å². The summed E-state index contributed by atoms with van der Waals surface area (Å²) in [6, 6.07) is 4.96. The molecule has 0 spiro atoms. The summed E-state index contributed by atoms with van der Waals surface area (Å²) in [7, 11) is 0. The second-order valence-electron chi connectivity index (χ2n) is 10.2. The molecule has 4 nitrogen and oxygen atoms in total. The first-order valence-corrected chi connectivity index (χ1v) is 11.6. The normalized spacial score (nSPS) is 21.8. The Bertz CT molecular complexity index is 809. The first-order chi connectivity index (χ1) is 14.3. The zero-order chi connectivity index (χ0) is 21.7.